The summed E-state index contributed by atoms with van der Waals surface area (Å²) in [4.78, 5) is 2.45. The number of hydrogen-bond acceptors (Lipinski definition) is 3. The van der Waals surface area contributed by atoms with Crippen LogP contribution in [0.15, 0.2) is 24.3 Å². The lowest BCUT2D eigenvalue weighted by atomic mass is 10.0. The van der Waals surface area contributed by atoms with Crippen molar-refractivity contribution in [2.45, 2.75) is 38.8 Å². The minimum atomic E-state index is 0.721. The van der Waals surface area contributed by atoms with Crippen molar-refractivity contribution in [3.05, 3.63) is 29.8 Å². The molecule has 1 aliphatic carbocycles. The third-order valence-corrected chi connectivity index (χ3v) is 4.28. The quantitative estimate of drug-likeness (QED) is 0.829. The van der Waals surface area contributed by atoms with Gasteiger partial charge in [0.25, 0.3) is 0 Å². The second-order valence-electron chi connectivity index (χ2n) is 5.90. The molecule has 0 amide bonds. The molecule has 1 aliphatic rings. The molecule has 112 valence electrons. The van der Waals surface area contributed by atoms with Gasteiger partial charge in [0.2, 0.25) is 0 Å². The maximum atomic E-state index is 5.20. The van der Waals surface area contributed by atoms with Gasteiger partial charge in [-0.2, -0.15) is 0 Å². The Hall–Kier alpha value is -1.06. The van der Waals surface area contributed by atoms with Crippen LogP contribution in [0.25, 0.3) is 0 Å². The van der Waals surface area contributed by atoms with E-state index in [1.807, 2.05) is 12.1 Å². The first-order valence-electron chi connectivity index (χ1n) is 7.77. The molecule has 0 heterocycles. The number of ether oxygens (including phenoxy) is 1. The molecule has 0 aliphatic heterocycles. The molecular weight excluding hydrogens is 248 g/mol. The smallest absolute Gasteiger partial charge is 0.118 e. The molecule has 2 rings (SSSR count). The van der Waals surface area contributed by atoms with Gasteiger partial charge >= 0.3 is 0 Å². The van der Waals surface area contributed by atoms with Gasteiger partial charge in [-0.15, -0.1) is 0 Å². The van der Waals surface area contributed by atoms with Crippen molar-refractivity contribution in [2.75, 3.05) is 27.2 Å². The van der Waals surface area contributed by atoms with Gasteiger partial charge in [-0.25, -0.2) is 0 Å². The van der Waals surface area contributed by atoms with Gasteiger partial charge in [0.1, 0.15) is 5.75 Å². The third kappa shape index (κ3) is 4.22. The van der Waals surface area contributed by atoms with Crippen molar-refractivity contribution in [3.63, 3.8) is 0 Å². The summed E-state index contributed by atoms with van der Waals surface area (Å²) in [6, 6.07) is 9.12. The fourth-order valence-corrected chi connectivity index (χ4v) is 3.29. The monoisotopic (exact) mass is 276 g/mol. The first-order chi connectivity index (χ1) is 9.72. The van der Waals surface area contributed by atoms with E-state index in [1.165, 1.54) is 31.4 Å². The molecule has 3 heteroatoms. The van der Waals surface area contributed by atoms with Gasteiger partial charge < -0.3 is 15.0 Å². The van der Waals surface area contributed by atoms with Gasteiger partial charge in [-0.1, -0.05) is 25.5 Å². The van der Waals surface area contributed by atoms with Gasteiger partial charge in [0, 0.05) is 19.1 Å². The normalized spacial score (nSPS) is 22.4. The molecule has 0 bridgehead atoms. The summed E-state index contributed by atoms with van der Waals surface area (Å²) in [5.74, 6) is 1.73. The molecule has 0 spiro atoms. The van der Waals surface area contributed by atoms with E-state index >= 15 is 0 Å². The molecular formula is C17H28N2O. The Morgan fingerprint density at radius 2 is 2.00 bits per heavy atom. The summed E-state index contributed by atoms with van der Waals surface area (Å²) in [6.07, 6.45) is 4.08. The van der Waals surface area contributed by atoms with E-state index in [2.05, 4.69) is 36.3 Å². The molecule has 20 heavy (non-hydrogen) atoms. The fraction of sp³-hybridized carbons (Fsp3) is 0.647. The molecule has 1 saturated carbocycles. The van der Waals surface area contributed by atoms with Crippen LogP contribution < -0.4 is 10.1 Å². The van der Waals surface area contributed by atoms with E-state index in [1.54, 1.807) is 7.11 Å². The van der Waals surface area contributed by atoms with Crippen molar-refractivity contribution in [3.8, 4) is 5.75 Å². The van der Waals surface area contributed by atoms with Crippen LogP contribution in [0, 0.1) is 5.92 Å². The Bertz CT molecular complexity index is 390. The molecule has 0 radical (unpaired) electrons. The highest BCUT2D eigenvalue weighted by Crippen LogP contribution is 2.26. The standard InChI is InChI=1S/C17H28N2O/c1-4-18-17-7-5-6-15(17)13-19(2)12-14-8-10-16(20-3)11-9-14/h8-11,15,17-18H,4-7,12-13H2,1-3H3. The summed E-state index contributed by atoms with van der Waals surface area (Å²) in [6.45, 7) is 5.49. The zero-order valence-electron chi connectivity index (χ0n) is 13.1. The van der Waals surface area contributed by atoms with Crippen LogP contribution in [0.1, 0.15) is 31.7 Å². The van der Waals surface area contributed by atoms with Gasteiger partial charge in [0.05, 0.1) is 7.11 Å². The Labute approximate surface area is 123 Å². The van der Waals surface area contributed by atoms with E-state index in [0.717, 1.165) is 30.8 Å². The Morgan fingerprint density at radius 3 is 2.65 bits per heavy atom. The molecule has 2 atom stereocenters. The first-order valence-corrected chi connectivity index (χ1v) is 7.77. The van der Waals surface area contributed by atoms with E-state index in [9.17, 15) is 0 Å². The number of methoxy groups -OCH3 is 1. The number of rotatable bonds is 7. The zero-order valence-corrected chi connectivity index (χ0v) is 13.1. The topological polar surface area (TPSA) is 24.5 Å². The first kappa shape index (κ1) is 15.3. The number of nitrogens with zero attached hydrogens (tertiary/aromatic N) is 1. The second-order valence-corrected chi connectivity index (χ2v) is 5.90. The molecule has 0 aromatic heterocycles. The van der Waals surface area contributed by atoms with Crippen molar-refractivity contribution in [2.24, 2.45) is 5.92 Å². The largest absolute Gasteiger partial charge is 0.497 e. The lowest BCUT2D eigenvalue weighted by Crippen LogP contribution is -2.37. The number of nitrogens with one attached hydrogen (secondary N) is 1. The van der Waals surface area contributed by atoms with Crippen molar-refractivity contribution < 1.29 is 4.74 Å². The molecule has 3 nitrogen and oxygen atoms in total. The summed E-state index contributed by atoms with van der Waals surface area (Å²) in [7, 11) is 3.94. The van der Waals surface area contributed by atoms with Gasteiger partial charge in [-0.05, 0) is 50.0 Å². The van der Waals surface area contributed by atoms with Crippen LogP contribution in [0.3, 0.4) is 0 Å². The van der Waals surface area contributed by atoms with Crippen LogP contribution >= 0.6 is 0 Å². The van der Waals surface area contributed by atoms with Crippen LogP contribution in [-0.2, 0) is 6.54 Å². The minimum absolute atomic E-state index is 0.721. The number of benzene rings is 1. The molecule has 2 unspecified atom stereocenters. The lowest BCUT2D eigenvalue weighted by Gasteiger charge is -2.26. The van der Waals surface area contributed by atoms with E-state index < -0.39 is 0 Å². The Balaban J connectivity index is 1.83. The zero-order chi connectivity index (χ0) is 14.4. The molecule has 1 N–H and O–H groups in total. The molecule has 1 aromatic carbocycles. The average molecular weight is 276 g/mol. The van der Waals surface area contributed by atoms with Crippen molar-refractivity contribution in [1.29, 1.82) is 0 Å². The highest BCUT2D eigenvalue weighted by atomic mass is 16.5. The van der Waals surface area contributed by atoms with Crippen molar-refractivity contribution in [1.82, 2.24) is 10.2 Å². The lowest BCUT2D eigenvalue weighted by molar-refractivity contribution is 0.246. The van der Waals surface area contributed by atoms with E-state index in [0.29, 0.717) is 0 Å². The Kier molecular flexibility index (Phi) is 5.86. The van der Waals surface area contributed by atoms with E-state index in [4.69, 9.17) is 4.74 Å². The minimum Gasteiger partial charge on any atom is -0.497 e. The predicted octanol–water partition coefficient (Wildman–Crippen LogP) is 2.91. The molecule has 1 aromatic rings. The predicted molar refractivity (Wildman–Crippen MR) is 84.1 cm³/mol. The van der Waals surface area contributed by atoms with Crippen LogP contribution in [0.2, 0.25) is 0 Å². The summed E-state index contributed by atoms with van der Waals surface area (Å²) < 4.78 is 5.20. The maximum Gasteiger partial charge on any atom is 0.118 e. The van der Waals surface area contributed by atoms with Crippen LogP contribution in [0.5, 0.6) is 5.75 Å². The van der Waals surface area contributed by atoms with E-state index in [-0.39, 0.29) is 0 Å². The molecule has 0 saturated heterocycles. The van der Waals surface area contributed by atoms with Crippen LogP contribution in [0.4, 0.5) is 0 Å². The van der Waals surface area contributed by atoms with Crippen LogP contribution in [-0.4, -0.2) is 38.2 Å². The summed E-state index contributed by atoms with van der Waals surface area (Å²) >= 11 is 0. The average Bonchev–Trinajstić information content (AvgIpc) is 2.87. The highest BCUT2D eigenvalue weighted by Gasteiger charge is 2.27. The summed E-state index contributed by atoms with van der Waals surface area (Å²) in [5, 5.41) is 3.64. The van der Waals surface area contributed by atoms with Gasteiger partial charge in [0.15, 0.2) is 0 Å². The number of hydrogen-bond donors (Lipinski definition) is 1. The highest BCUT2D eigenvalue weighted by molar-refractivity contribution is 5.27. The van der Waals surface area contributed by atoms with Gasteiger partial charge in [-0.3, -0.25) is 0 Å². The second kappa shape index (κ2) is 7.65. The van der Waals surface area contributed by atoms with Crippen molar-refractivity contribution >= 4 is 0 Å². The maximum absolute atomic E-state index is 5.20. The summed E-state index contributed by atoms with van der Waals surface area (Å²) in [5.41, 5.74) is 1.35. The Morgan fingerprint density at radius 1 is 1.25 bits per heavy atom. The molecule has 1 fully saturated rings. The third-order valence-electron chi connectivity index (χ3n) is 4.28. The SMILES string of the molecule is CCNC1CCCC1CN(C)Cc1ccc(OC)cc1. The fourth-order valence-electron chi connectivity index (χ4n) is 3.29.